The van der Waals surface area contributed by atoms with Crippen molar-refractivity contribution < 1.29 is 13.9 Å². The molecule has 0 fully saturated rings. The molecule has 0 saturated heterocycles. The molecule has 7 nitrogen and oxygen atoms in total. The first-order valence-corrected chi connectivity index (χ1v) is 12.3. The minimum absolute atomic E-state index is 0.0552. The average Bonchev–Trinajstić information content (AvgIpc) is 3.33. The molecule has 8 heteroatoms. The third-order valence-electron chi connectivity index (χ3n) is 5.98. The van der Waals surface area contributed by atoms with Gasteiger partial charge >= 0.3 is 6.03 Å². The number of carbonyl (C=O) groups is 1. The Morgan fingerprint density at radius 1 is 0.974 bits per heavy atom. The second-order valence-corrected chi connectivity index (χ2v) is 9.93. The van der Waals surface area contributed by atoms with E-state index in [1.54, 1.807) is 23.0 Å². The molecule has 0 bridgehead atoms. The number of urea groups is 1. The third kappa shape index (κ3) is 5.64. The second kappa shape index (κ2) is 10.3. The fourth-order valence-electron chi connectivity index (χ4n) is 3.97. The van der Waals surface area contributed by atoms with Gasteiger partial charge in [-0.05, 0) is 54.6 Å². The van der Waals surface area contributed by atoms with Gasteiger partial charge in [0, 0.05) is 35.2 Å². The number of fused-ring (bicyclic) bond motifs is 1. The predicted octanol–water partition coefficient (Wildman–Crippen LogP) is 6.97. The molecule has 0 aliphatic carbocycles. The smallest absolute Gasteiger partial charge is 0.320 e. The van der Waals surface area contributed by atoms with Crippen LogP contribution in [0, 0.1) is 5.82 Å². The van der Waals surface area contributed by atoms with Gasteiger partial charge < -0.3 is 10.1 Å². The second-order valence-electron chi connectivity index (χ2n) is 9.93. The average molecular weight is 510 g/mol. The molecular formula is C30H28FN5O2. The zero-order valence-electron chi connectivity index (χ0n) is 21.4. The fraction of sp³-hybridized carbons (Fsp3) is 0.167. The van der Waals surface area contributed by atoms with Crippen LogP contribution in [0.5, 0.6) is 11.5 Å². The predicted molar refractivity (Wildman–Crippen MR) is 146 cm³/mol. The Hall–Kier alpha value is -4.72. The summed E-state index contributed by atoms with van der Waals surface area (Å²) in [6.45, 7) is 6.24. The van der Waals surface area contributed by atoms with Crippen molar-refractivity contribution in [2.45, 2.75) is 32.7 Å². The van der Waals surface area contributed by atoms with Crippen LogP contribution < -0.4 is 15.4 Å². The van der Waals surface area contributed by atoms with Crippen LogP contribution in [0.1, 0.15) is 32.0 Å². The van der Waals surface area contributed by atoms with Crippen LogP contribution >= 0.6 is 0 Å². The van der Waals surface area contributed by atoms with E-state index < -0.39 is 11.8 Å². The number of para-hydroxylation sites is 1. The van der Waals surface area contributed by atoms with Gasteiger partial charge in [-0.25, -0.2) is 13.9 Å². The van der Waals surface area contributed by atoms with Crippen molar-refractivity contribution in [2.24, 2.45) is 0 Å². The number of rotatable bonds is 6. The molecule has 0 saturated carbocycles. The van der Waals surface area contributed by atoms with Gasteiger partial charge in [0.1, 0.15) is 23.1 Å². The zero-order valence-corrected chi connectivity index (χ0v) is 21.4. The molecule has 38 heavy (non-hydrogen) atoms. The Balaban J connectivity index is 1.33. The van der Waals surface area contributed by atoms with E-state index in [1.807, 2.05) is 60.7 Å². The number of pyridine rings is 1. The maximum Gasteiger partial charge on any atom is 0.320 e. The van der Waals surface area contributed by atoms with Crippen LogP contribution in [-0.4, -0.2) is 20.8 Å². The lowest BCUT2D eigenvalue weighted by Gasteiger charge is -2.14. The standard InChI is InChI=1S/C30H28FN5O2/c1-30(2,3)27-18-28(36(35-27)23-9-5-4-6-10-23)34-29(37)33-19-21-16-22(31)11-14-26(21)38-24-12-13-25-20(17-24)8-7-15-32-25/h4-18H,19H2,1-3H3,(H2,33,34,37). The number of anilines is 1. The Kier molecular flexibility index (Phi) is 6.79. The highest BCUT2D eigenvalue weighted by Gasteiger charge is 2.21. The molecule has 3 aromatic carbocycles. The summed E-state index contributed by atoms with van der Waals surface area (Å²) in [5.41, 5.74) is 2.80. The monoisotopic (exact) mass is 509 g/mol. The number of nitrogens with one attached hydrogen (secondary N) is 2. The van der Waals surface area contributed by atoms with E-state index in [-0.39, 0.29) is 12.0 Å². The van der Waals surface area contributed by atoms with Crippen molar-refractivity contribution in [3.05, 3.63) is 108 Å². The molecule has 5 rings (SSSR count). The normalized spacial score (nSPS) is 11.4. The first-order chi connectivity index (χ1) is 18.3. The number of hydrogen-bond donors (Lipinski definition) is 2. The molecule has 5 aromatic rings. The minimum atomic E-state index is -0.450. The maximum atomic E-state index is 14.1. The summed E-state index contributed by atoms with van der Waals surface area (Å²) in [7, 11) is 0. The molecule has 0 aliphatic heterocycles. The minimum Gasteiger partial charge on any atom is -0.457 e. The van der Waals surface area contributed by atoms with Gasteiger partial charge in [-0.15, -0.1) is 0 Å². The van der Waals surface area contributed by atoms with Crippen LogP contribution in [0.3, 0.4) is 0 Å². The summed E-state index contributed by atoms with van der Waals surface area (Å²) in [6.07, 6.45) is 1.73. The van der Waals surface area contributed by atoms with Crippen molar-refractivity contribution in [3.8, 4) is 17.2 Å². The molecule has 0 atom stereocenters. The number of nitrogens with zero attached hydrogens (tertiary/aromatic N) is 3. The molecule has 2 heterocycles. The molecule has 192 valence electrons. The summed E-state index contributed by atoms with van der Waals surface area (Å²) in [5, 5.41) is 11.3. The first-order valence-electron chi connectivity index (χ1n) is 12.3. The molecular weight excluding hydrogens is 481 g/mol. The molecule has 2 N–H and O–H groups in total. The summed E-state index contributed by atoms with van der Waals surface area (Å²) < 4.78 is 21.9. The first kappa shape index (κ1) is 25.0. The van der Waals surface area contributed by atoms with Crippen molar-refractivity contribution in [1.82, 2.24) is 20.1 Å². The summed E-state index contributed by atoms with van der Waals surface area (Å²) in [4.78, 5) is 17.2. The number of amides is 2. The third-order valence-corrected chi connectivity index (χ3v) is 5.98. The number of aromatic nitrogens is 3. The highest BCUT2D eigenvalue weighted by molar-refractivity contribution is 5.88. The van der Waals surface area contributed by atoms with E-state index in [0.717, 1.165) is 22.3 Å². The molecule has 0 aliphatic rings. The van der Waals surface area contributed by atoms with Gasteiger partial charge in [-0.1, -0.05) is 45.0 Å². The zero-order chi connectivity index (χ0) is 26.7. The number of benzene rings is 3. The van der Waals surface area contributed by atoms with Crippen molar-refractivity contribution in [2.75, 3.05) is 5.32 Å². The quantitative estimate of drug-likeness (QED) is 0.259. The summed E-state index contributed by atoms with van der Waals surface area (Å²) >= 11 is 0. The molecule has 2 amide bonds. The Morgan fingerprint density at radius 2 is 1.79 bits per heavy atom. The lowest BCUT2D eigenvalue weighted by Crippen LogP contribution is -2.29. The van der Waals surface area contributed by atoms with E-state index in [9.17, 15) is 9.18 Å². The van der Waals surface area contributed by atoms with Gasteiger partial charge in [0.15, 0.2) is 0 Å². The van der Waals surface area contributed by atoms with Crippen LogP contribution in [0.15, 0.2) is 91.1 Å². The van der Waals surface area contributed by atoms with Gasteiger partial charge in [0.2, 0.25) is 0 Å². The van der Waals surface area contributed by atoms with E-state index in [1.165, 1.54) is 12.1 Å². The van der Waals surface area contributed by atoms with Crippen molar-refractivity contribution in [1.29, 1.82) is 0 Å². The summed E-state index contributed by atoms with van der Waals surface area (Å²) in [6, 6.07) is 24.6. The van der Waals surface area contributed by atoms with Crippen LogP contribution in [-0.2, 0) is 12.0 Å². The van der Waals surface area contributed by atoms with Crippen LogP contribution in [0.25, 0.3) is 16.6 Å². The van der Waals surface area contributed by atoms with Crippen molar-refractivity contribution >= 4 is 22.8 Å². The van der Waals surface area contributed by atoms with Gasteiger partial charge in [-0.2, -0.15) is 5.10 Å². The number of halogens is 1. The SMILES string of the molecule is CC(C)(C)c1cc(NC(=O)NCc2cc(F)ccc2Oc2ccc3ncccc3c2)n(-c2ccccc2)n1. The topological polar surface area (TPSA) is 81.1 Å². The largest absolute Gasteiger partial charge is 0.457 e. The molecule has 0 spiro atoms. The lowest BCUT2D eigenvalue weighted by atomic mass is 9.92. The Labute approximate surface area is 220 Å². The number of ether oxygens (including phenoxy) is 1. The highest BCUT2D eigenvalue weighted by atomic mass is 19.1. The Morgan fingerprint density at radius 3 is 2.58 bits per heavy atom. The van der Waals surface area contributed by atoms with Gasteiger partial charge in [-0.3, -0.25) is 10.3 Å². The summed E-state index contributed by atoms with van der Waals surface area (Å²) in [5.74, 6) is 1.14. The van der Waals surface area contributed by atoms with Gasteiger partial charge in [0.05, 0.1) is 16.9 Å². The lowest BCUT2D eigenvalue weighted by molar-refractivity contribution is 0.251. The number of hydrogen-bond acceptors (Lipinski definition) is 4. The van der Waals surface area contributed by atoms with E-state index in [4.69, 9.17) is 9.84 Å². The highest BCUT2D eigenvalue weighted by Crippen LogP contribution is 2.29. The van der Waals surface area contributed by atoms with Crippen molar-refractivity contribution in [3.63, 3.8) is 0 Å². The van der Waals surface area contributed by atoms with Gasteiger partial charge in [0.25, 0.3) is 0 Å². The maximum absolute atomic E-state index is 14.1. The number of carbonyl (C=O) groups excluding carboxylic acids is 1. The van der Waals surface area contributed by atoms with E-state index in [0.29, 0.717) is 22.9 Å². The van der Waals surface area contributed by atoms with E-state index >= 15 is 0 Å². The molecule has 2 aromatic heterocycles. The molecule has 0 unspecified atom stereocenters. The fourth-order valence-corrected chi connectivity index (χ4v) is 3.97. The van der Waals surface area contributed by atoms with E-state index in [2.05, 4.69) is 36.4 Å². The van der Waals surface area contributed by atoms with Crippen LogP contribution in [0.4, 0.5) is 15.0 Å². The van der Waals surface area contributed by atoms with Crippen LogP contribution in [0.2, 0.25) is 0 Å². The molecule has 0 radical (unpaired) electrons. The Bertz CT molecular complexity index is 1590.